The van der Waals surface area contributed by atoms with Gasteiger partial charge in [-0.05, 0) is 17.2 Å². The van der Waals surface area contributed by atoms with E-state index in [-0.39, 0.29) is 6.42 Å². The molecule has 0 aliphatic rings. The van der Waals surface area contributed by atoms with Crippen molar-refractivity contribution in [2.24, 2.45) is 0 Å². The molecule has 1 aromatic carbocycles. The first kappa shape index (κ1) is 9.58. The van der Waals surface area contributed by atoms with Gasteiger partial charge in [-0.3, -0.25) is 0 Å². The first-order chi connectivity index (χ1) is 6.29. The molecule has 0 amide bonds. The monoisotopic (exact) mass is 190 g/mol. The third-order valence-electron chi connectivity index (χ3n) is 1.74. The fourth-order valence-corrected chi connectivity index (χ4v) is 1.39. The highest BCUT2D eigenvalue weighted by Crippen LogP contribution is 2.20. The summed E-state index contributed by atoms with van der Waals surface area (Å²) in [5.74, 6) is 0. The van der Waals surface area contributed by atoms with Crippen LogP contribution >= 0.6 is 11.6 Å². The molecular formula is C10H7ClN2. The van der Waals surface area contributed by atoms with E-state index in [1.54, 1.807) is 12.1 Å². The van der Waals surface area contributed by atoms with Gasteiger partial charge in [0.15, 0.2) is 0 Å². The number of hydrogen-bond donors (Lipinski definition) is 0. The second-order valence-corrected chi connectivity index (χ2v) is 2.95. The minimum absolute atomic E-state index is 0.261. The Hall–Kier alpha value is -1.51. The van der Waals surface area contributed by atoms with E-state index in [0.717, 1.165) is 11.1 Å². The van der Waals surface area contributed by atoms with Crippen LogP contribution in [0, 0.1) is 22.7 Å². The van der Waals surface area contributed by atoms with Crippen LogP contribution in [0.2, 0.25) is 5.02 Å². The first-order valence-corrected chi connectivity index (χ1v) is 4.17. The SMILES string of the molecule is N#CCc1cccc(Cl)c1CC#N. The zero-order valence-corrected chi connectivity index (χ0v) is 7.67. The molecule has 0 aromatic heterocycles. The van der Waals surface area contributed by atoms with E-state index in [1.165, 1.54) is 0 Å². The van der Waals surface area contributed by atoms with E-state index in [2.05, 4.69) is 0 Å². The minimum atomic E-state index is 0.261. The van der Waals surface area contributed by atoms with Crippen molar-refractivity contribution < 1.29 is 0 Å². The second kappa shape index (κ2) is 4.50. The smallest absolute Gasteiger partial charge is 0.0670 e. The van der Waals surface area contributed by atoms with E-state index in [1.807, 2.05) is 18.2 Å². The van der Waals surface area contributed by atoms with Gasteiger partial charge in [0.25, 0.3) is 0 Å². The molecule has 0 saturated carbocycles. The van der Waals surface area contributed by atoms with E-state index < -0.39 is 0 Å². The number of nitriles is 2. The Morgan fingerprint density at radius 1 is 1.15 bits per heavy atom. The number of halogens is 1. The molecule has 1 rings (SSSR count). The lowest BCUT2D eigenvalue weighted by molar-refractivity contribution is 1.15. The quantitative estimate of drug-likeness (QED) is 0.719. The highest BCUT2D eigenvalue weighted by molar-refractivity contribution is 6.31. The summed E-state index contributed by atoms with van der Waals surface area (Å²) in [6, 6.07) is 9.41. The molecule has 0 unspecified atom stereocenters. The third-order valence-corrected chi connectivity index (χ3v) is 2.10. The van der Waals surface area contributed by atoms with Crippen LogP contribution in [-0.2, 0) is 12.8 Å². The molecule has 64 valence electrons. The summed E-state index contributed by atoms with van der Waals surface area (Å²) in [5.41, 5.74) is 1.62. The topological polar surface area (TPSA) is 47.6 Å². The van der Waals surface area contributed by atoms with Crippen molar-refractivity contribution in [1.82, 2.24) is 0 Å². The van der Waals surface area contributed by atoms with Crippen LogP contribution in [0.4, 0.5) is 0 Å². The van der Waals surface area contributed by atoms with Gasteiger partial charge in [0, 0.05) is 5.02 Å². The highest BCUT2D eigenvalue weighted by atomic mass is 35.5. The van der Waals surface area contributed by atoms with Crippen LogP contribution in [0.25, 0.3) is 0 Å². The second-order valence-electron chi connectivity index (χ2n) is 2.55. The maximum Gasteiger partial charge on any atom is 0.0670 e. The summed E-state index contributed by atoms with van der Waals surface area (Å²) >= 11 is 5.88. The van der Waals surface area contributed by atoms with Gasteiger partial charge < -0.3 is 0 Å². The van der Waals surface area contributed by atoms with Gasteiger partial charge in [0.05, 0.1) is 25.0 Å². The molecule has 1 aromatic rings. The van der Waals surface area contributed by atoms with Crippen molar-refractivity contribution in [2.75, 3.05) is 0 Å². The molecule has 0 spiro atoms. The van der Waals surface area contributed by atoms with Crippen molar-refractivity contribution in [3.05, 3.63) is 34.3 Å². The Balaban J connectivity index is 3.12. The number of nitrogens with zero attached hydrogens (tertiary/aromatic N) is 2. The van der Waals surface area contributed by atoms with Gasteiger partial charge in [-0.25, -0.2) is 0 Å². The van der Waals surface area contributed by atoms with E-state index in [9.17, 15) is 0 Å². The van der Waals surface area contributed by atoms with Crippen LogP contribution in [0.15, 0.2) is 18.2 Å². The molecule has 0 heterocycles. The molecule has 13 heavy (non-hydrogen) atoms. The average molecular weight is 191 g/mol. The molecule has 0 atom stereocenters. The van der Waals surface area contributed by atoms with Gasteiger partial charge in [-0.1, -0.05) is 23.7 Å². The van der Waals surface area contributed by atoms with E-state index >= 15 is 0 Å². The van der Waals surface area contributed by atoms with Gasteiger partial charge in [0.2, 0.25) is 0 Å². The lowest BCUT2D eigenvalue weighted by Crippen LogP contribution is -1.92. The Kier molecular flexibility index (Phi) is 3.31. The Morgan fingerprint density at radius 2 is 1.85 bits per heavy atom. The molecule has 0 radical (unpaired) electrons. The van der Waals surface area contributed by atoms with E-state index in [0.29, 0.717) is 11.4 Å². The fraction of sp³-hybridized carbons (Fsp3) is 0.200. The standard InChI is InChI=1S/C10H7ClN2/c11-10-3-1-2-8(4-6-12)9(10)5-7-13/h1-3H,4-5H2. The van der Waals surface area contributed by atoms with Crippen LogP contribution in [0.5, 0.6) is 0 Å². The van der Waals surface area contributed by atoms with Crippen molar-refractivity contribution in [3.63, 3.8) is 0 Å². The molecule has 0 bridgehead atoms. The van der Waals surface area contributed by atoms with Gasteiger partial charge in [0.1, 0.15) is 0 Å². The summed E-state index contributed by atoms with van der Waals surface area (Å²) < 4.78 is 0. The van der Waals surface area contributed by atoms with Crippen LogP contribution in [0.1, 0.15) is 11.1 Å². The largest absolute Gasteiger partial charge is 0.198 e. The lowest BCUT2D eigenvalue weighted by atomic mass is 10.0. The van der Waals surface area contributed by atoms with Crippen molar-refractivity contribution in [2.45, 2.75) is 12.8 Å². The maximum absolute atomic E-state index is 8.55. The zero-order valence-electron chi connectivity index (χ0n) is 6.92. The number of rotatable bonds is 2. The van der Waals surface area contributed by atoms with E-state index in [4.69, 9.17) is 22.1 Å². The molecule has 0 N–H and O–H groups in total. The Bertz CT molecular complexity index is 385. The molecule has 0 aliphatic carbocycles. The van der Waals surface area contributed by atoms with Gasteiger partial charge in [-0.15, -0.1) is 0 Å². The number of hydrogen-bond acceptors (Lipinski definition) is 2. The lowest BCUT2D eigenvalue weighted by Gasteiger charge is -2.04. The normalized spacial score (nSPS) is 8.85. The molecule has 0 aliphatic heterocycles. The summed E-state index contributed by atoms with van der Waals surface area (Å²) in [7, 11) is 0. The molecule has 2 nitrogen and oxygen atoms in total. The van der Waals surface area contributed by atoms with Crippen LogP contribution < -0.4 is 0 Å². The Labute approximate surface area is 82.0 Å². The third kappa shape index (κ3) is 2.21. The minimum Gasteiger partial charge on any atom is -0.198 e. The summed E-state index contributed by atoms with van der Waals surface area (Å²) in [4.78, 5) is 0. The molecule has 0 fully saturated rings. The van der Waals surface area contributed by atoms with Crippen LogP contribution in [0.3, 0.4) is 0 Å². The molecule has 0 saturated heterocycles. The molecule has 3 heteroatoms. The average Bonchev–Trinajstić information content (AvgIpc) is 2.11. The van der Waals surface area contributed by atoms with Crippen molar-refractivity contribution >= 4 is 11.6 Å². The maximum atomic E-state index is 8.55. The Morgan fingerprint density at radius 3 is 2.46 bits per heavy atom. The van der Waals surface area contributed by atoms with Gasteiger partial charge >= 0.3 is 0 Å². The van der Waals surface area contributed by atoms with Crippen LogP contribution in [-0.4, -0.2) is 0 Å². The number of benzene rings is 1. The van der Waals surface area contributed by atoms with Crippen molar-refractivity contribution in [3.8, 4) is 12.1 Å². The summed E-state index contributed by atoms with van der Waals surface area (Å²) in [6.07, 6.45) is 0.564. The highest BCUT2D eigenvalue weighted by Gasteiger charge is 2.05. The predicted octanol–water partition coefficient (Wildman–Crippen LogP) is 2.47. The fourth-order valence-electron chi connectivity index (χ4n) is 1.13. The predicted molar refractivity (Wildman–Crippen MR) is 50.1 cm³/mol. The summed E-state index contributed by atoms with van der Waals surface area (Å²) in [6.45, 7) is 0. The van der Waals surface area contributed by atoms with Crippen molar-refractivity contribution in [1.29, 1.82) is 10.5 Å². The first-order valence-electron chi connectivity index (χ1n) is 3.79. The van der Waals surface area contributed by atoms with Gasteiger partial charge in [-0.2, -0.15) is 10.5 Å². The molecular weight excluding hydrogens is 184 g/mol. The summed E-state index contributed by atoms with van der Waals surface area (Å²) in [5, 5.41) is 17.6. The zero-order chi connectivity index (χ0) is 9.68.